The van der Waals surface area contributed by atoms with Gasteiger partial charge in [-0.05, 0) is 40.2 Å². The normalized spacial score (nSPS) is 10.3. The molecule has 0 aliphatic carbocycles. The maximum atomic E-state index is 5.91. The minimum absolute atomic E-state index is 0.513. The van der Waals surface area contributed by atoms with Gasteiger partial charge in [-0.15, -0.1) is 10.2 Å². The van der Waals surface area contributed by atoms with Crippen LogP contribution < -0.4 is 0 Å². The molecule has 0 atom stereocenters. The van der Waals surface area contributed by atoms with Gasteiger partial charge in [0.05, 0.1) is 15.7 Å². The lowest BCUT2D eigenvalue weighted by Gasteiger charge is -2.01. The highest BCUT2D eigenvalue weighted by molar-refractivity contribution is 9.10. The Balaban J connectivity index is 2.45. The molecule has 0 bridgehead atoms. The quantitative estimate of drug-likeness (QED) is 0.788. The topological polar surface area (TPSA) is 25.8 Å². The van der Waals surface area contributed by atoms with Crippen LogP contribution in [0.25, 0.3) is 11.3 Å². The van der Waals surface area contributed by atoms with Gasteiger partial charge < -0.3 is 0 Å². The smallest absolute Gasteiger partial charge is 0.128 e. The second-order valence-corrected chi connectivity index (χ2v) is 4.50. The first-order chi connectivity index (χ1) is 7.16. The van der Waals surface area contributed by atoms with E-state index in [1.54, 1.807) is 12.1 Å². The van der Waals surface area contributed by atoms with E-state index in [2.05, 4.69) is 26.1 Å². The number of hydrogen-bond acceptors (Lipinski definition) is 2. The van der Waals surface area contributed by atoms with E-state index in [1.807, 2.05) is 18.2 Å². The van der Waals surface area contributed by atoms with Crippen molar-refractivity contribution >= 4 is 39.1 Å². The van der Waals surface area contributed by atoms with E-state index in [0.29, 0.717) is 14.6 Å². The molecule has 1 aromatic heterocycles. The molecule has 0 spiro atoms. The molecule has 0 fully saturated rings. The lowest BCUT2D eigenvalue weighted by Crippen LogP contribution is -1.87. The van der Waals surface area contributed by atoms with E-state index in [1.165, 1.54) is 0 Å². The SMILES string of the molecule is Clc1ccc(-c2ccc(Br)nn2)cc1Cl. The number of nitrogens with zero attached hydrogens (tertiary/aromatic N) is 2. The van der Waals surface area contributed by atoms with Crippen LogP contribution in [0, 0.1) is 0 Å². The predicted molar refractivity (Wildman–Crippen MR) is 65.2 cm³/mol. The fraction of sp³-hybridized carbons (Fsp3) is 0. The molecule has 0 aliphatic heterocycles. The Morgan fingerprint density at radius 3 is 2.33 bits per heavy atom. The second kappa shape index (κ2) is 4.47. The molecule has 1 heterocycles. The summed E-state index contributed by atoms with van der Waals surface area (Å²) in [7, 11) is 0. The minimum Gasteiger partial charge on any atom is -0.149 e. The van der Waals surface area contributed by atoms with Gasteiger partial charge in [0.15, 0.2) is 0 Å². The third-order valence-corrected chi connectivity index (χ3v) is 3.01. The molecule has 0 amide bonds. The van der Waals surface area contributed by atoms with Gasteiger partial charge in [0, 0.05) is 5.56 Å². The maximum absolute atomic E-state index is 5.91. The summed E-state index contributed by atoms with van der Waals surface area (Å²) >= 11 is 14.9. The monoisotopic (exact) mass is 302 g/mol. The Labute approximate surface area is 105 Å². The van der Waals surface area contributed by atoms with E-state index in [4.69, 9.17) is 23.2 Å². The molecule has 0 unspecified atom stereocenters. The first kappa shape index (κ1) is 10.9. The zero-order chi connectivity index (χ0) is 10.8. The molecule has 15 heavy (non-hydrogen) atoms. The van der Waals surface area contributed by atoms with Crippen LogP contribution in [0.2, 0.25) is 10.0 Å². The van der Waals surface area contributed by atoms with Gasteiger partial charge in [-0.1, -0.05) is 29.3 Å². The van der Waals surface area contributed by atoms with Gasteiger partial charge in [0.25, 0.3) is 0 Å². The van der Waals surface area contributed by atoms with Crippen molar-refractivity contribution in [1.29, 1.82) is 0 Å². The van der Waals surface area contributed by atoms with Gasteiger partial charge in [0.2, 0.25) is 0 Å². The summed E-state index contributed by atoms with van der Waals surface area (Å²) in [5.41, 5.74) is 1.65. The van der Waals surface area contributed by atoms with E-state index < -0.39 is 0 Å². The van der Waals surface area contributed by atoms with Crippen molar-refractivity contribution in [2.24, 2.45) is 0 Å². The Morgan fingerprint density at radius 2 is 1.73 bits per heavy atom. The molecular formula is C10H5BrCl2N2. The highest BCUT2D eigenvalue weighted by Crippen LogP contribution is 2.27. The van der Waals surface area contributed by atoms with Crippen molar-refractivity contribution in [1.82, 2.24) is 10.2 Å². The van der Waals surface area contributed by atoms with Crippen LogP contribution in [0.1, 0.15) is 0 Å². The molecule has 0 saturated heterocycles. The van der Waals surface area contributed by atoms with Crippen LogP contribution in [0.4, 0.5) is 0 Å². The molecule has 0 saturated carbocycles. The second-order valence-electron chi connectivity index (χ2n) is 2.87. The van der Waals surface area contributed by atoms with Crippen molar-refractivity contribution in [3.8, 4) is 11.3 Å². The molecule has 2 nitrogen and oxygen atoms in total. The summed E-state index contributed by atoms with van der Waals surface area (Å²) < 4.78 is 0.700. The number of rotatable bonds is 1. The van der Waals surface area contributed by atoms with Crippen LogP contribution >= 0.6 is 39.1 Å². The third kappa shape index (κ3) is 2.48. The lowest BCUT2D eigenvalue weighted by molar-refractivity contribution is 1.01. The van der Waals surface area contributed by atoms with Crippen molar-refractivity contribution in [3.05, 3.63) is 45.0 Å². The minimum atomic E-state index is 0.513. The Hall–Kier alpha value is -0.640. The van der Waals surface area contributed by atoms with E-state index >= 15 is 0 Å². The average Bonchev–Trinajstić information content (AvgIpc) is 2.23. The van der Waals surface area contributed by atoms with Crippen molar-refractivity contribution in [2.75, 3.05) is 0 Å². The molecule has 5 heteroatoms. The van der Waals surface area contributed by atoms with Crippen LogP contribution in [0.3, 0.4) is 0 Å². The zero-order valence-electron chi connectivity index (χ0n) is 7.42. The number of aromatic nitrogens is 2. The molecule has 0 radical (unpaired) electrons. The van der Waals surface area contributed by atoms with Crippen LogP contribution in [0.15, 0.2) is 34.9 Å². The van der Waals surface area contributed by atoms with Gasteiger partial charge >= 0.3 is 0 Å². The molecule has 76 valence electrons. The molecule has 0 aliphatic rings. The maximum Gasteiger partial charge on any atom is 0.128 e. The lowest BCUT2D eigenvalue weighted by atomic mass is 10.1. The van der Waals surface area contributed by atoms with E-state index in [0.717, 1.165) is 11.3 Å². The van der Waals surface area contributed by atoms with E-state index in [9.17, 15) is 0 Å². The summed E-state index contributed by atoms with van der Waals surface area (Å²) in [4.78, 5) is 0. The largest absolute Gasteiger partial charge is 0.149 e. The molecule has 2 aromatic rings. The molecule has 2 rings (SSSR count). The summed E-state index contributed by atoms with van der Waals surface area (Å²) in [6.07, 6.45) is 0. The number of halogens is 3. The predicted octanol–water partition coefficient (Wildman–Crippen LogP) is 4.21. The summed E-state index contributed by atoms with van der Waals surface area (Å²) in [6.45, 7) is 0. The standard InChI is InChI=1S/C10H5BrCl2N2/c11-10-4-3-9(14-15-10)6-1-2-7(12)8(13)5-6/h1-5H. The van der Waals surface area contributed by atoms with Crippen molar-refractivity contribution in [3.63, 3.8) is 0 Å². The third-order valence-electron chi connectivity index (χ3n) is 1.85. The van der Waals surface area contributed by atoms with Gasteiger partial charge in [-0.25, -0.2) is 0 Å². The molecular weight excluding hydrogens is 299 g/mol. The fourth-order valence-corrected chi connectivity index (χ4v) is 1.63. The average molecular weight is 304 g/mol. The van der Waals surface area contributed by atoms with Gasteiger partial charge in [0.1, 0.15) is 4.60 Å². The highest BCUT2D eigenvalue weighted by atomic mass is 79.9. The number of hydrogen-bond donors (Lipinski definition) is 0. The highest BCUT2D eigenvalue weighted by Gasteiger charge is 2.03. The zero-order valence-corrected chi connectivity index (χ0v) is 10.5. The fourth-order valence-electron chi connectivity index (χ4n) is 1.13. The van der Waals surface area contributed by atoms with Crippen LogP contribution in [0.5, 0.6) is 0 Å². The number of benzene rings is 1. The summed E-state index contributed by atoms with van der Waals surface area (Å²) in [5.74, 6) is 0. The molecule has 0 N–H and O–H groups in total. The first-order valence-electron chi connectivity index (χ1n) is 4.11. The Kier molecular flexibility index (Phi) is 3.24. The van der Waals surface area contributed by atoms with Crippen molar-refractivity contribution < 1.29 is 0 Å². The Bertz CT molecular complexity index is 485. The Morgan fingerprint density at radius 1 is 0.933 bits per heavy atom. The first-order valence-corrected chi connectivity index (χ1v) is 5.66. The van der Waals surface area contributed by atoms with Gasteiger partial charge in [-0.2, -0.15) is 0 Å². The summed E-state index contributed by atoms with van der Waals surface area (Å²) in [5, 5.41) is 8.96. The van der Waals surface area contributed by atoms with Gasteiger partial charge in [-0.3, -0.25) is 0 Å². The molecule has 1 aromatic carbocycles. The van der Waals surface area contributed by atoms with Crippen LogP contribution in [-0.2, 0) is 0 Å². The van der Waals surface area contributed by atoms with Crippen molar-refractivity contribution in [2.45, 2.75) is 0 Å². The van der Waals surface area contributed by atoms with E-state index in [-0.39, 0.29) is 0 Å². The summed E-state index contributed by atoms with van der Waals surface area (Å²) in [6, 6.07) is 9.04. The van der Waals surface area contributed by atoms with Crippen LogP contribution in [-0.4, -0.2) is 10.2 Å².